The van der Waals surface area contributed by atoms with Crippen LogP contribution in [-0.4, -0.2) is 24.5 Å². The molecule has 0 spiro atoms. The van der Waals surface area contributed by atoms with Gasteiger partial charge in [0.05, 0.1) is 6.04 Å². The maximum Gasteiger partial charge on any atom is 0.237 e. The summed E-state index contributed by atoms with van der Waals surface area (Å²) in [6, 6.07) is 10.5. The number of hydrogen-bond acceptors (Lipinski definition) is 2. The van der Waals surface area contributed by atoms with Gasteiger partial charge in [0.15, 0.2) is 0 Å². The van der Waals surface area contributed by atoms with Crippen LogP contribution in [0.3, 0.4) is 0 Å². The summed E-state index contributed by atoms with van der Waals surface area (Å²) >= 11 is 0. The first-order valence-corrected chi connectivity index (χ1v) is 6.77. The number of hydrogen-bond donors (Lipinski definition) is 2. The zero-order valence-electron chi connectivity index (χ0n) is 11.1. The average Bonchev–Trinajstić information content (AvgIpc) is 2.92. The number of carbonyl (C=O) groups excluding carboxylic acids is 1. The molecule has 2 rings (SSSR count). The second-order valence-electron chi connectivity index (χ2n) is 5.15. The molecule has 0 aliphatic carbocycles. The second-order valence-corrected chi connectivity index (χ2v) is 5.15. The molecule has 3 heteroatoms. The molecule has 1 amide bonds. The standard InChI is InChI=1S/C15H22N2O/c1-11(13-7-4-3-5-8-13)12(2)17-15(18)14-9-6-10-16-14/h3-5,7-8,11-12,14,16H,6,9-10H2,1-2H3,(H,17,18). The minimum atomic E-state index is 0.00965. The molecule has 1 aromatic rings. The van der Waals surface area contributed by atoms with Crippen LogP contribution in [0.4, 0.5) is 0 Å². The summed E-state index contributed by atoms with van der Waals surface area (Å²) in [4.78, 5) is 12.0. The lowest BCUT2D eigenvalue weighted by Gasteiger charge is -2.23. The highest BCUT2D eigenvalue weighted by atomic mass is 16.2. The summed E-state index contributed by atoms with van der Waals surface area (Å²) in [7, 11) is 0. The van der Waals surface area contributed by atoms with Crippen molar-refractivity contribution in [1.82, 2.24) is 10.6 Å². The molecule has 0 radical (unpaired) electrons. The zero-order chi connectivity index (χ0) is 13.0. The summed E-state index contributed by atoms with van der Waals surface area (Å²) in [5, 5.41) is 6.35. The smallest absolute Gasteiger partial charge is 0.237 e. The Labute approximate surface area is 109 Å². The number of nitrogens with one attached hydrogen (secondary N) is 2. The molecule has 1 heterocycles. The van der Waals surface area contributed by atoms with Gasteiger partial charge in [-0.3, -0.25) is 4.79 Å². The van der Waals surface area contributed by atoms with Crippen molar-refractivity contribution in [2.24, 2.45) is 0 Å². The summed E-state index contributed by atoms with van der Waals surface area (Å²) in [5.41, 5.74) is 1.27. The third-order valence-corrected chi connectivity index (χ3v) is 3.82. The number of amides is 1. The van der Waals surface area contributed by atoms with Crippen molar-refractivity contribution < 1.29 is 4.79 Å². The fraction of sp³-hybridized carbons (Fsp3) is 0.533. The van der Waals surface area contributed by atoms with E-state index in [0.29, 0.717) is 5.92 Å². The van der Waals surface area contributed by atoms with Crippen LogP contribution < -0.4 is 10.6 Å². The molecule has 1 fully saturated rings. The van der Waals surface area contributed by atoms with Gasteiger partial charge in [0.1, 0.15) is 0 Å². The fourth-order valence-corrected chi connectivity index (χ4v) is 2.40. The van der Waals surface area contributed by atoms with E-state index in [2.05, 4.69) is 36.6 Å². The van der Waals surface area contributed by atoms with Gasteiger partial charge in [-0.25, -0.2) is 0 Å². The molecular weight excluding hydrogens is 224 g/mol. The van der Waals surface area contributed by atoms with Gasteiger partial charge in [-0.15, -0.1) is 0 Å². The Bertz CT molecular complexity index is 385. The number of carbonyl (C=O) groups is 1. The number of benzene rings is 1. The summed E-state index contributed by atoms with van der Waals surface area (Å²) in [6.07, 6.45) is 2.05. The third-order valence-electron chi connectivity index (χ3n) is 3.82. The molecule has 0 aromatic heterocycles. The monoisotopic (exact) mass is 246 g/mol. The maximum absolute atomic E-state index is 12.0. The highest BCUT2D eigenvalue weighted by Gasteiger charge is 2.24. The minimum absolute atomic E-state index is 0.00965. The van der Waals surface area contributed by atoms with Gasteiger partial charge in [0.2, 0.25) is 5.91 Å². The Kier molecular flexibility index (Phi) is 4.37. The predicted molar refractivity (Wildman–Crippen MR) is 73.5 cm³/mol. The van der Waals surface area contributed by atoms with Gasteiger partial charge in [0, 0.05) is 12.0 Å². The van der Waals surface area contributed by atoms with E-state index in [1.807, 2.05) is 18.2 Å². The normalized spacial score (nSPS) is 22.4. The topological polar surface area (TPSA) is 41.1 Å². The second kappa shape index (κ2) is 6.01. The summed E-state index contributed by atoms with van der Waals surface area (Å²) < 4.78 is 0. The van der Waals surface area contributed by atoms with Gasteiger partial charge in [0.25, 0.3) is 0 Å². The maximum atomic E-state index is 12.0. The quantitative estimate of drug-likeness (QED) is 0.853. The van der Waals surface area contributed by atoms with E-state index < -0.39 is 0 Å². The van der Waals surface area contributed by atoms with Crippen molar-refractivity contribution in [2.75, 3.05) is 6.54 Å². The zero-order valence-corrected chi connectivity index (χ0v) is 11.1. The Hall–Kier alpha value is -1.35. The lowest BCUT2D eigenvalue weighted by molar-refractivity contribution is -0.123. The molecule has 3 atom stereocenters. The van der Waals surface area contributed by atoms with E-state index >= 15 is 0 Å². The molecule has 1 aliphatic heterocycles. The number of rotatable bonds is 4. The first kappa shape index (κ1) is 13.1. The minimum Gasteiger partial charge on any atom is -0.352 e. The molecule has 98 valence electrons. The first-order chi connectivity index (χ1) is 8.68. The highest BCUT2D eigenvalue weighted by Crippen LogP contribution is 2.18. The highest BCUT2D eigenvalue weighted by molar-refractivity contribution is 5.82. The van der Waals surface area contributed by atoms with Gasteiger partial charge < -0.3 is 10.6 Å². The SMILES string of the molecule is CC(NC(=O)C1CCCN1)C(C)c1ccccc1. The van der Waals surface area contributed by atoms with Crippen molar-refractivity contribution in [3.05, 3.63) is 35.9 Å². The van der Waals surface area contributed by atoms with Crippen molar-refractivity contribution in [1.29, 1.82) is 0 Å². The molecule has 18 heavy (non-hydrogen) atoms. The molecule has 0 bridgehead atoms. The molecule has 0 saturated carbocycles. The Balaban J connectivity index is 1.91. The van der Waals surface area contributed by atoms with Gasteiger partial charge in [-0.1, -0.05) is 37.3 Å². The van der Waals surface area contributed by atoms with E-state index in [-0.39, 0.29) is 18.0 Å². The van der Waals surface area contributed by atoms with Crippen LogP contribution in [0, 0.1) is 0 Å². The van der Waals surface area contributed by atoms with E-state index in [1.165, 1.54) is 5.56 Å². The van der Waals surface area contributed by atoms with Crippen LogP contribution >= 0.6 is 0 Å². The fourth-order valence-electron chi connectivity index (χ4n) is 2.40. The van der Waals surface area contributed by atoms with Crippen molar-refractivity contribution in [3.8, 4) is 0 Å². The lowest BCUT2D eigenvalue weighted by Crippen LogP contribution is -2.45. The molecule has 1 aromatic carbocycles. The van der Waals surface area contributed by atoms with E-state index in [9.17, 15) is 4.79 Å². The van der Waals surface area contributed by atoms with E-state index in [4.69, 9.17) is 0 Å². The molecule has 3 unspecified atom stereocenters. The first-order valence-electron chi connectivity index (χ1n) is 6.77. The summed E-state index contributed by atoms with van der Waals surface area (Å²) in [5.74, 6) is 0.472. The van der Waals surface area contributed by atoms with Gasteiger partial charge >= 0.3 is 0 Å². The molecule has 2 N–H and O–H groups in total. The largest absolute Gasteiger partial charge is 0.352 e. The Morgan fingerprint density at radius 3 is 2.67 bits per heavy atom. The van der Waals surface area contributed by atoms with E-state index in [0.717, 1.165) is 19.4 Å². The van der Waals surface area contributed by atoms with E-state index in [1.54, 1.807) is 0 Å². The molecular formula is C15H22N2O. The van der Waals surface area contributed by atoms with Crippen molar-refractivity contribution in [3.63, 3.8) is 0 Å². The molecule has 1 saturated heterocycles. The Morgan fingerprint density at radius 2 is 2.06 bits per heavy atom. The molecule has 3 nitrogen and oxygen atoms in total. The predicted octanol–water partition coefficient (Wildman–Crippen LogP) is 2.05. The van der Waals surface area contributed by atoms with Gasteiger partial charge in [-0.05, 0) is 31.9 Å². The Morgan fingerprint density at radius 1 is 1.33 bits per heavy atom. The van der Waals surface area contributed by atoms with Crippen molar-refractivity contribution in [2.45, 2.75) is 44.7 Å². The van der Waals surface area contributed by atoms with Crippen LogP contribution in [0.2, 0.25) is 0 Å². The van der Waals surface area contributed by atoms with Gasteiger partial charge in [-0.2, -0.15) is 0 Å². The van der Waals surface area contributed by atoms with Crippen LogP contribution in [-0.2, 0) is 4.79 Å². The van der Waals surface area contributed by atoms with Crippen molar-refractivity contribution >= 4 is 5.91 Å². The summed E-state index contributed by atoms with van der Waals surface area (Å²) in [6.45, 7) is 5.19. The van der Waals surface area contributed by atoms with Crippen LogP contribution in [0.25, 0.3) is 0 Å². The lowest BCUT2D eigenvalue weighted by atomic mass is 9.94. The third kappa shape index (κ3) is 3.10. The molecule has 1 aliphatic rings. The van der Waals surface area contributed by atoms with Crippen LogP contribution in [0.15, 0.2) is 30.3 Å². The average molecular weight is 246 g/mol. The van der Waals surface area contributed by atoms with Crippen LogP contribution in [0.1, 0.15) is 38.2 Å². The van der Waals surface area contributed by atoms with Crippen LogP contribution in [0.5, 0.6) is 0 Å².